The van der Waals surface area contributed by atoms with E-state index in [-0.39, 0.29) is 6.42 Å². The summed E-state index contributed by atoms with van der Waals surface area (Å²) in [7, 11) is 0. The van der Waals surface area contributed by atoms with Crippen molar-refractivity contribution in [1.29, 1.82) is 0 Å². The summed E-state index contributed by atoms with van der Waals surface area (Å²) in [5.74, 6) is -1.60. The lowest BCUT2D eigenvalue weighted by Gasteiger charge is -2.16. The standard InChI is InChI=1S/C11H9F4O2/c1-2-8(6-16)17-10-4-3-7(12)5-9(10)11(13,14)15/h3-5,8H,2H2,1H3. The number of rotatable bonds is 4. The Hall–Kier alpha value is -1.59. The van der Waals surface area contributed by atoms with Crippen LogP contribution < -0.4 is 4.74 Å². The molecule has 17 heavy (non-hydrogen) atoms. The van der Waals surface area contributed by atoms with Gasteiger partial charge in [0.05, 0.1) is 0 Å². The van der Waals surface area contributed by atoms with E-state index in [9.17, 15) is 22.4 Å². The van der Waals surface area contributed by atoms with Crippen molar-refractivity contribution in [2.75, 3.05) is 0 Å². The molecule has 0 saturated carbocycles. The smallest absolute Gasteiger partial charge is 0.420 e. The quantitative estimate of drug-likeness (QED) is 0.766. The highest BCUT2D eigenvalue weighted by atomic mass is 19.4. The van der Waals surface area contributed by atoms with Gasteiger partial charge in [-0.2, -0.15) is 13.2 Å². The van der Waals surface area contributed by atoms with E-state index >= 15 is 0 Å². The summed E-state index contributed by atoms with van der Waals surface area (Å²) >= 11 is 0. The first-order chi connectivity index (χ1) is 7.88. The summed E-state index contributed by atoms with van der Waals surface area (Å²) in [5, 5.41) is 0. The minimum Gasteiger partial charge on any atom is -0.482 e. The molecule has 0 spiro atoms. The van der Waals surface area contributed by atoms with Crippen molar-refractivity contribution in [3.63, 3.8) is 0 Å². The summed E-state index contributed by atoms with van der Waals surface area (Å²) in [6, 6.07) is 2.01. The topological polar surface area (TPSA) is 26.3 Å². The average Bonchev–Trinajstić information content (AvgIpc) is 2.26. The van der Waals surface area contributed by atoms with E-state index < -0.39 is 29.4 Å². The Labute approximate surface area is 95.2 Å². The molecule has 1 atom stereocenters. The molecule has 1 unspecified atom stereocenters. The number of halogens is 4. The molecule has 1 aromatic carbocycles. The summed E-state index contributed by atoms with van der Waals surface area (Å²) < 4.78 is 55.2. The average molecular weight is 249 g/mol. The molecule has 0 aliphatic heterocycles. The second kappa shape index (κ2) is 5.16. The molecule has 1 radical (unpaired) electrons. The number of alkyl halides is 3. The molecule has 0 aliphatic rings. The van der Waals surface area contributed by atoms with Crippen LogP contribution in [0, 0.1) is 5.82 Å². The van der Waals surface area contributed by atoms with Crippen LogP contribution in [-0.4, -0.2) is 12.4 Å². The van der Waals surface area contributed by atoms with Crippen LogP contribution in [0.5, 0.6) is 5.75 Å². The van der Waals surface area contributed by atoms with Gasteiger partial charge in [-0.15, -0.1) is 0 Å². The molecule has 93 valence electrons. The first-order valence-corrected chi connectivity index (χ1v) is 4.79. The Balaban J connectivity index is 3.10. The predicted octanol–water partition coefficient (Wildman–Crippen LogP) is 3.11. The van der Waals surface area contributed by atoms with Gasteiger partial charge in [-0.3, -0.25) is 4.79 Å². The zero-order valence-corrected chi connectivity index (χ0v) is 8.84. The lowest BCUT2D eigenvalue weighted by atomic mass is 10.2. The molecular formula is C11H9F4O2. The van der Waals surface area contributed by atoms with Crippen LogP contribution in [0.3, 0.4) is 0 Å². The van der Waals surface area contributed by atoms with Gasteiger partial charge in [0, 0.05) is 0 Å². The van der Waals surface area contributed by atoms with Gasteiger partial charge in [0.1, 0.15) is 17.1 Å². The number of hydrogen-bond donors (Lipinski definition) is 0. The zero-order chi connectivity index (χ0) is 13.1. The third-order valence-electron chi connectivity index (χ3n) is 2.02. The molecule has 0 amide bonds. The largest absolute Gasteiger partial charge is 0.482 e. The maximum absolute atomic E-state index is 12.7. The van der Waals surface area contributed by atoms with Gasteiger partial charge in [0.15, 0.2) is 6.10 Å². The predicted molar refractivity (Wildman–Crippen MR) is 51.8 cm³/mol. The number of ether oxygens (including phenoxy) is 1. The van der Waals surface area contributed by atoms with Crippen molar-refractivity contribution in [2.24, 2.45) is 0 Å². The molecular weight excluding hydrogens is 240 g/mol. The Bertz CT molecular complexity index is 401. The number of carbonyl (C=O) groups excluding carboxylic acids is 1. The lowest BCUT2D eigenvalue weighted by molar-refractivity contribution is -0.139. The fourth-order valence-corrected chi connectivity index (χ4v) is 1.17. The highest BCUT2D eigenvalue weighted by molar-refractivity contribution is 5.58. The molecule has 0 saturated heterocycles. The number of benzene rings is 1. The van der Waals surface area contributed by atoms with Crippen molar-refractivity contribution < 1.29 is 27.1 Å². The molecule has 6 heteroatoms. The van der Waals surface area contributed by atoms with E-state index in [1.165, 1.54) is 6.29 Å². The normalized spacial score (nSPS) is 13.2. The molecule has 0 N–H and O–H groups in total. The maximum atomic E-state index is 12.7. The maximum Gasteiger partial charge on any atom is 0.420 e. The summed E-state index contributed by atoms with van der Waals surface area (Å²) in [6.45, 7) is 1.56. The van der Waals surface area contributed by atoms with E-state index in [4.69, 9.17) is 4.74 Å². The van der Waals surface area contributed by atoms with Crippen molar-refractivity contribution in [2.45, 2.75) is 25.6 Å². The van der Waals surface area contributed by atoms with Gasteiger partial charge in [-0.05, 0) is 24.6 Å². The van der Waals surface area contributed by atoms with Gasteiger partial charge in [-0.1, -0.05) is 6.92 Å². The summed E-state index contributed by atoms with van der Waals surface area (Å²) in [4.78, 5) is 10.4. The van der Waals surface area contributed by atoms with E-state index in [2.05, 4.69) is 0 Å². The van der Waals surface area contributed by atoms with Gasteiger partial charge in [-0.25, -0.2) is 4.39 Å². The van der Waals surface area contributed by atoms with E-state index in [0.29, 0.717) is 6.07 Å². The molecule has 0 aromatic heterocycles. The number of hydrogen-bond acceptors (Lipinski definition) is 2. The Kier molecular flexibility index (Phi) is 4.09. The van der Waals surface area contributed by atoms with E-state index in [1.807, 2.05) is 0 Å². The van der Waals surface area contributed by atoms with Gasteiger partial charge in [0.2, 0.25) is 6.29 Å². The van der Waals surface area contributed by atoms with Crippen LogP contribution in [-0.2, 0) is 11.0 Å². The Morgan fingerprint density at radius 3 is 2.53 bits per heavy atom. The highest BCUT2D eigenvalue weighted by Gasteiger charge is 2.35. The minimum absolute atomic E-state index is 0.179. The molecule has 0 aliphatic carbocycles. The van der Waals surface area contributed by atoms with Crippen LogP contribution in [0.15, 0.2) is 18.2 Å². The van der Waals surface area contributed by atoms with Crippen LogP contribution in [0.4, 0.5) is 17.6 Å². The minimum atomic E-state index is -4.74. The van der Waals surface area contributed by atoms with Crippen molar-refractivity contribution in [3.8, 4) is 5.75 Å². The van der Waals surface area contributed by atoms with Crippen LogP contribution >= 0.6 is 0 Å². The molecule has 1 rings (SSSR count). The SMILES string of the molecule is CCC([C]=O)Oc1ccc(F)cc1C(F)(F)F. The second-order valence-electron chi connectivity index (χ2n) is 3.27. The fourth-order valence-electron chi connectivity index (χ4n) is 1.17. The highest BCUT2D eigenvalue weighted by Crippen LogP contribution is 2.37. The van der Waals surface area contributed by atoms with Crippen LogP contribution in [0.1, 0.15) is 18.9 Å². The van der Waals surface area contributed by atoms with Crippen molar-refractivity contribution in [1.82, 2.24) is 0 Å². The molecule has 2 nitrogen and oxygen atoms in total. The molecule has 0 fully saturated rings. The van der Waals surface area contributed by atoms with Gasteiger partial charge < -0.3 is 4.74 Å². The van der Waals surface area contributed by atoms with Gasteiger partial charge >= 0.3 is 6.18 Å². The molecule has 0 heterocycles. The molecule has 0 bridgehead atoms. The van der Waals surface area contributed by atoms with Crippen molar-refractivity contribution in [3.05, 3.63) is 29.6 Å². The fraction of sp³-hybridized carbons (Fsp3) is 0.364. The lowest BCUT2D eigenvalue weighted by Crippen LogP contribution is -2.19. The van der Waals surface area contributed by atoms with E-state index in [1.54, 1.807) is 6.92 Å². The van der Waals surface area contributed by atoms with Crippen molar-refractivity contribution >= 4 is 6.29 Å². The zero-order valence-electron chi connectivity index (χ0n) is 8.84. The summed E-state index contributed by atoms with van der Waals surface area (Å²) in [6.07, 6.45) is -4.19. The Morgan fingerprint density at radius 2 is 2.06 bits per heavy atom. The van der Waals surface area contributed by atoms with E-state index in [0.717, 1.165) is 12.1 Å². The third kappa shape index (κ3) is 3.44. The first kappa shape index (κ1) is 13.5. The first-order valence-electron chi connectivity index (χ1n) is 4.79. The van der Waals surface area contributed by atoms with Crippen LogP contribution in [0.25, 0.3) is 0 Å². The Morgan fingerprint density at radius 1 is 1.41 bits per heavy atom. The second-order valence-corrected chi connectivity index (χ2v) is 3.27. The van der Waals surface area contributed by atoms with Crippen LogP contribution in [0.2, 0.25) is 0 Å². The van der Waals surface area contributed by atoms with Gasteiger partial charge in [0.25, 0.3) is 0 Å². The summed E-state index contributed by atoms with van der Waals surface area (Å²) in [5.41, 5.74) is -1.24. The monoisotopic (exact) mass is 249 g/mol. The molecule has 1 aromatic rings. The third-order valence-corrected chi connectivity index (χ3v) is 2.02.